The molecule has 2 fully saturated rings. The normalized spacial score (nSPS) is 23.6. The van der Waals surface area contributed by atoms with Crippen molar-refractivity contribution in [2.75, 3.05) is 13.1 Å². The summed E-state index contributed by atoms with van der Waals surface area (Å²) in [6.07, 6.45) is -5.39. The van der Waals surface area contributed by atoms with Gasteiger partial charge in [-0.2, -0.15) is 30.9 Å². The molecule has 2 aliphatic rings. The third kappa shape index (κ3) is 3.17. The largest absolute Gasteiger partial charge is 0.417 e. The minimum Gasteiger partial charge on any atom is -0.338 e. The summed E-state index contributed by atoms with van der Waals surface area (Å²) in [6, 6.07) is 1.80. The molecule has 14 heteroatoms. The van der Waals surface area contributed by atoms with Crippen LogP contribution in [0.2, 0.25) is 0 Å². The van der Waals surface area contributed by atoms with E-state index in [1.54, 1.807) is 0 Å². The minimum atomic E-state index is -4.93. The zero-order chi connectivity index (χ0) is 22.1. The van der Waals surface area contributed by atoms with Crippen molar-refractivity contribution < 1.29 is 39.3 Å². The van der Waals surface area contributed by atoms with E-state index in [0.717, 1.165) is 16.4 Å². The molecule has 1 spiro atoms. The molecular weight excluding hydrogens is 442 g/mol. The van der Waals surface area contributed by atoms with E-state index in [0.29, 0.717) is 0 Å². The van der Waals surface area contributed by atoms with Gasteiger partial charge < -0.3 is 4.52 Å². The Morgan fingerprint density at radius 1 is 1.20 bits per heavy atom. The third-order valence-electron chi connectivity index (χ3n) is 5.69. The first-order chi connectivity index (χ1) is 13.8. The lowest BCUT2D eigenvalue weighted by Crippen LogP contribution is -2.43. The number of benzene rings is 1. The van der Waals surface area contributed by atoms with Crippen LogP contribution in [0.1, 0.15) is 30.2 Å². The highest BCUT2D eigenvalue weighted by atomic mass is 32.2. The van der Waals surface area contributed by atoms with E-state index < -0.39 is 62.3 Å². The molecule has 164 valence electrons. The van der Waals surface area contributed by atoms with Gasteiger partial charge >= 0.3 is 6.18 Å². The standard InChI is InChI=1S/C16H14F6N4O3S/c17-8-1-2-9(10(7-8)16(20,21)22)12-24-13(29-25-12)11-14(15(11,18)19)3-5-26(6-4-14)30(23,27)28/h1-2,7,11H,3-6H2,(H2,23,27,28)/t11-/m0/s1. The van der Waals surface area contributed by atoms with Gasteiger partial charge in [0.1, 0.15) is 11.7 Å². The molecule has 2 heterocycles. The Hall–Kier alpha value is -2.19. The second kappa shape index (κ2) is 6.40. The Bertz CT molecular complexity index is 1090. The maximum atomic E-state index is 14.6. The minimum absolute atomic E-state index is 0.233. The van der Waals surface area contributed by atoms with Crippen LogP contribution < -0.4 is 5.14 Å². The summed E-state index contributed by atoms with van der Waals surface area (Å²) >= 11 is 0. The van der Waals surface area contributed by atoms with Crippen LogP contribution in [0.25, 0.3) is 11.4 Å². The Morgan fingerprint density at radius 2 is 1.83 bits per heavy atom. The molecule has 0 unspecified atom stereocenters. The van der Waals surface area contributed by atoms with Gasteiger partial charge in [-0.15, -0.1) is 0 Å². The molecule has 7 nitrogen and oxygen atoms in total. The molecule has 1 saturated carbocycles. The van der Waals surface area contributed by atoms with Gasteiger partial charge in [-0.25, -0.2) is 18.3 Å². The first-order valence-electron chi connectivity index (χ1n) is 8.64. The van der Waals surface area contributed by atoms with Crippen molar-refractivity contribution in [3.05, 3.63) is 35.5 Å². The lowest BCUT2D eigenvalue weighted by molar-refractivity contribution is -0.137. The summed E-state index contributed by atoms with van der Waals surface area (Å²) < 4.78 is 111. The first-order valence-corrected chi connectivity index (χ1v) is 10.1. The average molecular weight is 456 g/mol. The summed E-state index contributed by atoms with van der Waals surface area (Å²) in [4.78, 5) is 3.72. The van der Waals surface area contributed by atoms with Gasteiger partial charge in [-0.05, 0) is 31.0 Å². The topological polar surface area (TPSA) is 102 Å². The van der Waals surface area contributed by atoms with Gasteiger partial charge in [0.15, 0.2) is 0 Å². The number of rotatable bonds is 3. The number of halogens is 6. The fourth-order valence-electron chi connectivity index (χ4n) is 4.07. The number of nitrogens with zero attached hydrogens (tertiary/aromatic N) is 3. The van der Waals surface area contributed by atoms with Gasteiger partial charge in [-0.1, -0.05) is 5.16 Å². The van der Waals surface area contributed by atoms with Crippen molar-refractivity contribution >= 4 is 10.2 Å². The molecule has 1 saturated heterocycles. The maximum absolute atomic E-state index is 14.6. The van der Waals surface area contributed by atoms with Crippen LogP contribution in [-0.2, 0) is 16.4 Å². The van der Waals surface area contributed by atoms with Crippen molar-refractivity contribution in [3.8, 4) is 11.4 Å². The predicted molar refractivity (Wildman–Crippen MR) is 88.7 cm³/mol. The zero-order valence-electron chi connectivity index (χ0n) is 15.0. The lowest BCUT2D eigenvalue weighted by Gasteiger charge is -2.30. The molecular formula is C16H14F6N4O3S. The molecule has 1 aliphatic carbocycles. The number of piperidine rings is 1. The smallest absolute Gasteiger partial charge is 0.338 e. The van der Waals surface area contributed by atoms with Crippen LogP contribution in [0.4, 0.5) is 26.3 Å². The first kappa shape index (κ1) is 21.1. The number of alkyl halides is 5. The third-order valence-corrected chi connectivity index (χ3v) is 6.77. The fraction of sp³-hybridized carbons (Fsp3) is 0.500. The lowest BCUT2D eigenvalue weighted by atomic mass is 9.91. The van der Waals surface area contributed by atoms with E-state index in [2.05, 4.69) is 10.1 Å². The number of hydrogen-bond donors (Lipinski definition) is 1. The number of nitrogens with two attached hydrogens (primary N) is 1. The van der Waals surface area contributed by atoms with E-state index in [4.69, 9.17) is 9.66 Å². The summed E-state index contributed by atoms with van der Waals surface area (Å²) in [6.45, 7) is -0.468. The van der Waals surface area contributed by atoms with Crippen molar-refractivity contribution in [3.63, 3.8) is 0 Å². The highest BCUT2D eigenvalue weighted by molar-refractivity contribution is 7.86. The molecule has 2 aromatic rings. The van der Waals surface area contributed by atoms with Gasteiger partial charge in [0.2, 0.25) is 11.7 Å². The quantitative estimate of drug-likeness (QED) is 0.716. The summed E-state index contributed by atoms with van der Waals surface area (Å²) in [5.74, 6) is -7.17. The molecule has 1 aliphatic heterocycles. The van der Waals surface area contributed by atoms with Gasteiger partial charge in [0.05, 0.1) is 11.0 Å². The Morgan fingerprint density at radius 3 is 2.40 bits per heavy atom. The second-order valence-electron chi connectivity index (χ2n) is 7.30. The van der Waals surface area contributed by atoms with Crippen molar-refractivity contribution in [1.82, 2.24) is 14.4 Å². The van der Waals surface area contributed by atoms with Crippen LogP contribution >= 0.6 is 0 Å². The molecule has 0 bridgehead atoms. The molecule has 1 aromatic carbocycles. The Balaban J connectivity index is 1.63. The SMILES string of the molecule is NS(=O)(=O)N1CCC2(CC1)[C@H](c1nc(-c3ccc(F)cc3C(F)(F)F)no1)C2(F)F. The molecule has 30 heavy (non-hydrogen) atoms. The fourth-order valence-corrected chi connectivity index (χ4v) is 4.76. The van der Waals surface area contributed by atoms with Gasteiger partial charge in [0.25, 0.3) is 16.1 Å². The van der Waals surface area contributed by atoms with Crippen LogP contribution in [0, 0.1) is 11.2 Å². The summed E-state index contributed by atoms with van der Waals surface area (Å²) in [5, 5.41) is 8.39. The van der Waals surface area contributed by atoms with E-state index in [-0.39, 0.29) is 32.0 Å². The van der Waals surface area contributed by atoms with Crippen LogP contribution in [0.5, 0.6) is 0 Å². The highest BCUT2D eigenvalue weighted by Crippen LogP contribution is 2.75. The molecule has 2 N–H and O–H groups in total. The Kier molecular flexibility index (Phi) is 4.50. The second-order valence-corrected chi connectivity index (χ2v) is 8.85. The molecule has 1 aromatic heterocycles. The summed E-state index contributed by atoms with van der Waals surface area (Å²) in [7, 11) is -4.02. The monoisotopic (exact) mass is 456 g/mol. The number of aromatic nitrogens is 2. The van der Waals surface area contributed by atoms with E-state index in [1.165, 1.54) is 0 Å². The van der Waals surface area contributed by atoms with Crippen LogP contribution in [0.15, 0.2) is 22.7 Å². The molecule has 4 rings (SSSR count). The van der Waals surface area contributed by atoms with Gasteiger partial charge in [-0.3, -0.25) is 0 Å². The van der Waals surface area contributed by atoms with Crippen LogP contribution in [0.3, 0.4) is 0 Å². The van der Waals surface area contributed by atoms with Crippen molar-refractivity contribution in [1.29, 1.82) is 0 Å². The van der Waals surface area contributed by atoms with Gasteiger partial charge in [0, 0.05) is 18.7 Å². The van der Waals surface area contributed by atoms with E-state index in [1.807, 2.05) is 0 Å². The average Bonchev–Trinajstić information content (AvgIpc) is 2.95. The molecule has 1 atom stereocenters. The van der Waals surface area contributed by atoms with Crippen molar-refractivity contribution in [2.45, 2.75) is 30.9 Å². The van der Waals surface area contributed by atoms with E-state index in [9.17, 15) is 34.8 Å². The maximum Gasteiger partial charge on any atom is 0.417 e. The number of hydrogen-bond acceptors (Lipinski definition) is 5. The van der Waals surface area contributed by atoms with E-state index >= 15 is 0 Å². The predicted octanol–water partition coefficient (Wildman–Crippen LogP) is 2.91. The molecule has 0 amide bonds. The highest BCUT2D eigenvalue weighted by Gasteiger charge is 2.82. The zero-order valence-corrected chi connectivity index (χ0v) is 15.8. The van der Waals surface area contributed by atoms with Crippen molar-refractivity contribution in [2.24, 2.45) is 10.6 Å². The van der Waals surface area contributed by atoms with Crippen LogP contribution in [-0.4, -0.2) is 41.9 Å². The summed E-state index contributed by atoms with van der Waals surface area (Å²) in [5.41, 5.74) is -3.62. The molecule has 0 radical (unpaired) electrons. The Labute approximate surface area is 166 Å².